The molecule has 0 aliphatic rings. The summed E-state index contributed by atoms with van der Waals surface area (Å²) in [5.74, 6) is 0.653. The predicted octanol–water partition coefficient (Wildman–Crippen LogP) is 7.12. The van der Waals surface area contributed by atoms with Gasteiger partial charge in [0.2, 0.25) is 0 Å². The van der Waals surface area contributed by atoms with Crippen LogP contribution in [0.4, 0.5) is 22.0 Å². The molecule has 4 N–H and O–H groups in total. The van der Waals surface area contributed by atoms with Crippen LogP contribution in [0.3, 0.4) is 0 Å². The number of carbonyl (C=O) groups excluding carboxylic acids is 1. The van der Waals surface area contributed by atoms with E-state index in [2.05, 4.69) is 44.7 Å². The van der Waals surface area contributed by atoms with E-state index in [1.165, 1.54) is 18.1 Å². The molecule has 5 aromatic rings. The second-order valence-electron chi connectivity index (χ2n) is 9.14. The number of anilines is 3. The molecule has 0 aliphatic heterocycles. The first kappa shape index (κ1) is 27.1. The van der Waals surface area contributed by atoms with Crippen LogP contribution >= 0.6 is 23.1 Å². The van der Waals surface area contributed by atoms with Gasteiger partial charge in [-0.25, -0.2) is 19.7 Å². The fourth-order valence-corrected chi connectivity index (χ4v) is 5.43. The number of fused-ring (bicyclic) bond motifs is 1. The molecule has 0 radical (unpaired) electrons. The maximum atomic E-state index is 13.0. The van der Waals surface area contributed by atoms with Crippen LogP contribution in [-0.2, 0) is 6.54 Å². The zero-order chi connectivity index (χ0) is 28.1. The van der Waals surface area contributed by atoms with Crippen molar-refractivity contribution in [2.45, 2.75) is 36.1 Å². The summed E-state index contributed by atoms with van der Waals surface area (Å²) in [5, 5.41) is 20.4. The first-order valence-electron chi connectivity index (χ1n) is 12.5. The Labute approximate surface area is 239 Å². The molecule has 0 unspecified atom stereocenters. The van der Waals surface area contributed by atoms with E-state index in [9.17, 15) is 9.59 Å². The molecule has 0 saturated carbocycles. The molecule has 11 heteroatoms. The minimum absolute atomic E-state index is 0.187. The Balaban J connectivity index is 1.46. The van der Waals surface area contributed by atoms with Crippen LogP contribution < -0.4 is 16.0 Å². The van der Waals surface area contributed by atoms with E-state index in [1.54, 1.807) is 35.6 Å². The average molecular weight is 571 g/mol. The summed E-state index contributed by atoms with van der Waals surface area (Å²) in [6, 6.07) is 20.4. The van der Waals surface area contributed by atoms with Gasteiger partial charge in [0.25, 0.3) is 5.91 Å². The Morgan fingerprint density at radius 3 is 2.58 bits per heavy atom. The summed E-state index contributed by atoms with van der Waals surface area (Å²) in [5.41, 5.74) is 3.20. The van der Waals surface area contributed by atoms with Crippen molar-refractivity contribution in [3.8, 4) is 0 Å². The topological polar surface area (TPSA) is 129 Å². The summed E-state index contributed by atoms with van der Waals surface area (Å²) >= 11 is 3.07. The highest BCUT2D eigenvalue weighted by atomic mass is 32.2. The SMILES string of the molecule is CC(C)c1ccc2c(Nc3cc(C(=O)NCc4cccs4)ccc3Sc3ccc(NC(=O)O)cc3)ncnc2n1. The molecular formula is C29H26N6O3S2. The second-order valence-corrected chi connectivity index (χ2v) is 11.3. The summed E-state index contributed by atoms with van der Waals surface area (Å²) < 4.78 is 0. The Hall–Kier alpha value is -4.48. The van der Waals surface area contributed by atoms with Crippen LogP contribution in [0.1, 0.15) is 40.7 Å². The molecule has 2 amide bonds. The molecule has 0 saturated heterocycles. The van der Waals surface area contributed by atoms with E-state index in [-0.39, 0.29) is 11.8 Å². The molecule has 3 aromatic heterocycles. The largest absolute Gasteiger partial charge is 0.465 e. The van der Waals surface area contributed by atoms with Gasteiger partial charge >= 0.3 is 6.09 Å². The van der Waals surface area contributed by atoms with E-state index >= 15 is 0 Å². The molecule has 0 aliphatic carbocycles. The molecule has 5 rings (SSSR count). The van der Waals surface area contributed by atoms with Crippen LogP contribution in [0.2, 0.25) is 0 Å². The Morgan fingerprint density at radius 1 is 1.02 bits per heavy atom. The normalized spacial score (nSPS) is 11.0. The Morgan fingerprint density at radius 2 is 1.85 bits per heavy atom. The number of thiophene rings is 1. The fraction of sp³-hybridized carbons (Fsp3) is 0.138. The van der Waals surface area contributed by atoms with Crippen LogP contribution in [0.5, 0.6) is 0 Å². The van der Waals surface area contributed by atoms with E-state index in [1.807, 2.05) is 47.8 Å². The molecule has 0 fully saturated rings. The van der Waals surface area contributed by atoms with Gasteiger partial charge in [-0.2, -0.15) is 0 Å². The van der Waals surface area contributed by atoms with E-state index in [4.69, 9.17) is 5.11 Å². The van der Waals surface area contributed by atoms with Crippen molar-refractivity contribution in [3.63, 3.8) is 0 Å². The van der Waals surface area contributed by atoms with Gasteiger partial charge in [-0.15, -0.1) is 11.3 Å². The minimum Gasteiger partial charge on any atom is -0.465 e. The highest BCUT2D eigenvalue weighted by molar-refractivity contribution is 7.99. The Kier molecular flexibility index (Phi) is 8.23. The van der Waals surface area contributed by atoms with E-state index in [0.717, 1.165) is 25.7 Å². The number of amides is 2. The van der Waals surface area contributed by atoms with Crippen molar-refractivity contribution < 1.29 is 14.7 Å². The minimum atomic E-state index is -1.12. The number of benzene rings is 2. The van der Waals surface area contributed by atoms with Crippen LogP contribution in [0.25, 0.3) is 11.0 Å². The van der Waals surface area contributed by atoms with Crippen molar-refractivity contribution in [2.75, 3.05) is 10.6 Å². The standard InChI is InChI=1S/C29H26N6O3S2/c1-17(2)23-11-10-22-26(34-23)31-16-32-27(22)35-24-14-18(28(36)30-15-21-4-3-13-39-21)5-12-25(24)40-20-8-6-19(7-9-20)33-29(37)38/h3-14,16-17,33H,15H2,1-2H3,(H,30,36)(H,37,38)(H,31,32,34,35). The van der Waals surface area contributed by atoms with Gasteiger partial charge in [-0.3, -0.25) is 10.1 Å². The van der Waals surface area contributed by atoms with Gasteiger partial charge in [0.1, 0.15) is 12.1 Å². The number of carboxylic acid groups (broad SMARTS) is 1. The molecule has 0 atom stereocenters. The number of nitrogens with zero attached hydrogens (tertiary/aromatic N) is 3. The molecule has 0 spiro atoms. The zero-order valence-corrected chi connectivity index (χ0v) is 23.3. The van der Waals surface area contributed by atoms with Crippen molar-refractivity contribution >= 4 is 63.3 Å². The lowest BCUT2D eigenvalue weighted by molar-refractivity contribution is 0.0951. The number of rotatable bonds is 9. The summed E-state index contributed by atoms with van der Waals surface area (Å²) in [6.07, 6.45) is 0.354. The molecule has 9 nitrogen and oxygen atoms in total. The quantitative estimate of drug-likeness (QED) is 0.147. The highest BCUT2D eigenvalue weighted by Crippen LogP contribution is 2.37. The molecule has 40 heavy (non-hydrogen) atoms. The molecule has 2 aromatic carbocycles. The summed E-state index contributed by atoms with van der Waals surface area (Å²) in [7, 11) is 0. The first-order chi connectivity index (χ1) is 19.4. The Bertz CT molecular complexity index is 1660. The van der Waals surface area contributed by atoms with Crippen LogP contribution in [-0.4, -0.2) is 32.1 Å². The van der Waals surface area contributed by atoms with Gasteiger partial charge < -0.3 is 15.7 Å². The van der Waals surface area contributed by atoms with Crippen molar-refractivity contribution in [3.05, 3.63) is 94.6 Å². The monoisotopic (exact) mass is 570 g/mol. The molecular weight excluding hydrogens is 544 g/mol. The van der Waals surface area contributed by atoms with Crippen LogP contribution in [0.15, 0.2) is 88.2 Å². The highest BCUT2D eigenvalue weighted by Gasteiger charge is 2.15. The lowest BCUT2D eigenvalue weighted by atomic mass is 10.1. The third-order valence-electron chi connectivity index (χ3n) is 5.94. The number of nitrogens with one attached hydrogen (secondary N) is 3. The third kappa shape index (κ3) is 6.56. The molecule has 3 heterocycles. The number of pyridine rings is 1. The van der Waals surface area contributed by atoms with Gasteiger partial charge in [0.15, 0.2) is 5.65 Å². The molecule has 202 valence electrons. The number of carbonyl (C=O) groups is 2. The van der Waals surface area contributed by atoms with Crippen molar-refractivity contribution in [1.29, 1.82) is 0 Å². The number of aromatic nitrogens is 3. The van der Waals surface area contributed by atoms with Crippen LogP contribution in [0, 0.1) is 0 Å². The number of hydrogen-bond donors (Lipinski definition) is 4. The zero-order valence-electron chi connectivity index (χ0n) is 21.7. The van der Waals surface area contributed by atoms with E-state index < -0.39 is 6.09 Å². The smallest absolute Gasteiger partial charge is 0.409 e. The van der Waals surface area contributed by atoms with Gasteiger partial charge in [0, 0.05) is 31.6 Å². The number of hydrogen-bond acceptors (Lipinski definition) is 8. The predicted molar refractivity (Wildman–Crippen MR) is 159 cm³/mol. The maximum absolute atomic E-state index is 13.0. The lowest BCUT2D eigenvalue weighted by Crippen LogP contribution is -2.22. The van der Waals surface area contributed by atoms with Crippen molar-refractivity contribution in [2.24, 2.45) is 0 Å². The van der Waals surface area contributed by atoms with Gasteiger partial charge in [0.05, 0.1) is 17.6 Å². The summed E-state index contributed by atoms with van der Waals surface area (Å²) in [4.78, 5) is 40.3. The first-order valence-corrected chi connectivity index (χ1v) is 14.2. The van der Waals surface area contributed by atoms with Gasteiger partial charge in [-0.1, -0.05) is 31.7 Å². The summed E-state index contributed by atoms with van der Waals surface area (Å²) in [6.45, 7) is 4.61. The average Bonchev–Trinajstić information content (AvgIpc) is 3.47. The molecule has 0 bridgehead atoms. The van der Waals surface area contributed by atoms with Crippen molar-refractivity contribution in [1.82, 2.24) is 20.3 Å². The second kappa shape index (κ2) is 12.1. The lowest BCUT2D eigenvalue weighted by Gasteiger charge is -2.15. The third-order valence-corrected chi connectivity index (χ3v) is 7.90. The maximum Gasteiger partial charge on any atom is 0.409 e. The van der Waals surface area contributed by atoms with E-state index in [0.29, 0.717) is 34.9 Å². The van der Waals surface area contributed by atoms with Gasteiger partial charge in [-0.05, 0) is 72.0 Å². The fourth-order valence-electron chi connectivity index (χ4n) is 3.90.